The number of hydrogen-bond donors (Lipinski definition) is 0. The number of aryl methyl sites for hydroxylation is 1. The van der Waals surface area contributed by atoms with Crippen molar-refractivity contribution in [3.63, 3.8) is 0 Å². The lowest BCUT2D eigenvalue weighted by Gasteiger charge is -2.12. The minimum atomic E-state index is -0.713. The Hall–Kier alpha value is -1.43. The maximum atomic E-state index is 12.4. The largest absolute Gasteiger partial charge is 0.346 e. The Labute approximate surface area is 108 Å². The molecule has 3 heterocycles. The van der Waals surface area contributed by atoms with Crippen molar-refractivity contribution in [1.29, 1.82) is 0 Å². The van der Waals surface area contributed by atoms with E-state index in [1.807, 2.05) is 13.0 Å². The maximum absolute atomic E-state index is 12.4. The van der Waals surface area contributed by atoms with Gasteiger partial charge in [0.15, 0.2) is 6.29 Å². The molecule has 0 N–H and O–H groups in total. The Morgan fingerprint density at radius 2 is 2.17 bits per heavy atom. The van der Waals surface area contributed by atoms with Crippen LogP contribution in [0.4, 0.5) is 0 Å². The van der Waals surface area contributed by atoms with Gasteiger partial charge in [-0.3, -0.25) is 9.20 Å². The van der Waals surface area contributed by atoms with E-state index in [0.717, 1.165) is 5.56 Å². The van der Waals surface area contributed by atoms with Gasteiger partial charge in [-0.15, -0.1) is 0 Å². The van der Waals surface area contributed by atoms with Gasteiger partial charge in [-0.25, -0.2) is 4.98 Å². The summed E-state index contributed by atoms with van der Waals surface area (Å²) in [6.07, 6.45) is 0.946. The number of aromatic nitrogens is 2. The number of halogens is 1. The minimum Gasteiger partial charge on any atom is -0.346 e. The van der Waals surface area contributed by atoms with Crippen molar-refractivity contribution in [3.05, 3.63) is 45.0 Å². The first-order valence-corrected chi connectivity index (χ1v) is 5.97. The summed E-state index contributed by atoms with van der Waals surface area (Å²) >= 11 is 6.08. The van der Waals surface area contributed by atoms with Crippen molar-refractivity contribution in [3.8, 4) is 0 Å². The Morgan fingerprint density at radius 3 is 2.89 bits per heavy atom. The number of pyridine rings is 1. The molecule has 94 valence electrons. The van der Waals surface area contributed by atoms with Crippen LogP contribution in [0.3, 0.4) is 0 Å². The van der Waals surface area contributed by atoms with Crippen LogP contribution in [0.15, 0.2) is 23.1 Å². The van der Waals surface area contributed by atoms with Crippen LogP contribution >= 0.6 is 11.6 Å². The number of fused-ring (bicyclic) bond motifs is 1. The zero-order valence-corrected chi connectivity index (χ0v) is 10.5. The molecule has 0 aliphatic carbocycles. The number of rotatable bonds is 1. The molecule has 0 radical (unpaired) electrons. The van der Waals surface area contributed by atoms with Crippen molar-refractivity contribution < 1.29 is 9.47 Å². The third-order valence-corrected chi connectivity index (χ3v) is 3.18. The first-order valence-electron chi connectivity index (χ1n) is 5.59. The van der Waals surface area contributed by atoms with E-state index < -0.39 is 6.29 Å². The van der Waals surface area contributed by atoms with Gasteiger partial charge in [0.05, 0.1) is 13.2 Å². The summed E-state index contributed by atoms with van der Waals surface area (Å²) in [6.45, 7) is 2.79. The molecule has 1 fully saturated rings. The summed E-state index contributed by atoms with van der Waals surface area (Å²) in [6, 6.07) is 3.67. The SMILES string of the molecule is Cc1cccn2c(=O)c(C3OCCO3)c(Cl)nc12. The third-order valence-electron chi connectivity index (χ3n) is 2.90. The highest BCUT2D eigenvalue weighted by atomic mass is 35.5. The lowest BCUT2D eigenvalue weighted by atomic mass is 10.2. The normalized spacial score (nSPS) is 16.6. The monoisotopic (exact) mass is 266 g/mol. The van der Waals surface area contributed by atoms with E-state index >= 15 is 0 Å². The quantitative estimate of drug-likeness (QED) is 0.737. The molecule has 2 aromatic rings. The summed E-state index contributed by atoms with van der Waals surface area (Å²) in [4.78, 5) is 16.6. The second kappa shape index (κ2) is 4.35. The number of hydrogen-bond acceptors (Lipinski definition) is 4. The summed E-state index contributed by atoms with van der Waals surface area (Å²) < 4.78 is 12.1. The van der Waals surface area contributed by atoms with Crippen molar-refractivity contribution in [2.75, 3.05) is 13.2 Å². The number of ether oxygens (including phenoxy) is 2. The molecule has 3 rings (SSSR count). The summed E-state index contributed by atoms with van der Waals surface area (Å²) in [7, 11) is 0. The molecule has 2 aromatic heterocycles. The molecule has 6 heteroatoms. The fourth-order valence-electron chi connectivity index (χ4n) is 2.01. The van der Waals surface area contributed by atoms with Crippen molar-refractivity contribution in [2.24, 2.45) is 0 Å². The molecular weight excluding hydrogens is 256 g/mol. The zero-order valence-electron chi connectivity index (χ0n) is 9.72. The smallest absolute Gasteiger partial charge is 0.267 e. The van der Waals surface area contributed by atoms with Crippen LogP contribution in [0.2, 0.25) is 5.15 Å². The highest BCUT2D eigenvalue weighted by Crippen LogP contribution is 2.26. The highest BCUT2D eigenvalue weighted by Gasteiger charge is 2.26. The molecular formula is C12H11ClN2O3. The predicted molar refractivity (Wildman–Crippen MR) is 65.9 cm³/mol. The fourth-order valence-corrected chi connectivity index (χ4v) is 2.26. The van der Waals surface area contributed by atoms with Crippen LogP contribution in [0.1, 0.15) is 17.4 Å². The zero-order chi connectivity index (χ0) is 12.7. The van der Waals surface area contributed by atoms with E-state index in [9.17, 15) is 4.79 Å². The molecule has 0 bridgehead atoms. The Kier molecular flexibility index (Phi) is 2.81. The molecule has 0 aromatic carbocycles. The van der Waals surface area contributed by atoms with Crippen LogP contribution in [-0.2, 0) is 9.47 Å². The summed E-state index contributed by atoms with van der Waals surface area (Å²) in [5.41, 5.74) is 1.45. The van der Waals surface area contributed by atoms with E-state index in [2.05, 4.69) is 4.98 Å². The first kappa shape index (κ1) is 11.6. The maximum Gasteiger partial charge on any atom is 0.267 e. The lowest BCUT2D eigenvalue weighted by molar-refractivity contribution is -0.0453. The van der Waals surface area contributed by atoms with Crippen LogP contribution in [0.5, 0.6) is 0 Å². The van der Waals surface area contributed by atoms with Gasteiger partial charge in [0.25, 0.3) is 5.56 Å². The van der Waals surface area contributed by atoms with Crippen LogP contribution in [0.25, 0.3) is 5.65 Å². The summed E-state index contributed by atoms with van der Waals surface area (Å²) in [5, 5.41) is 0.140. The molecule has 0 spiro atoms. The van der Waals surface area contributed by atoms with Gasteiger partial charge in [-0.1, -0.05) is 17.7 Å². The molecule has 18 heavy (non-hydrogen) atoms. The molecule has 0 amide bonds. The van der Waals surface area contributed by atoms with E-state index in [1.54, 1.807) is 12.3 Å². The molecule has 0 saturated carbocycles. The van der Waals surface area contributed by atoms with E-state index in [4.69, 9.17) is 21.1 Å². The van der Waals surface area contributed by atoms with Crippen molar-refractivity contribution in [2.45, 2.75) is 13.2 Å². The summed E-state index contributed by atoms with van der Waals surface area (Å²) in [5.74, 6) is 0. The van der Waals surface area contributed by atoms with E-state index in [0.29, 0.717) is 18.9 Å². The molecule has 1 aliphatic heterocycles. The molecule has 1 aliphatic rings. The van der Waals surface area contributed by atoms with Gasteiger partial charge in [-0.2, -0.15) is 0 Å². The van der Waals surface area contributed by atoms with Gasteiger partial charge in [-0.05, 0) is 18.6 Å². The van der Waals surface area contributed by atoms with Gasteiger partial charge in [0.1, 0.15) is 16.4 Å². The van der Waals surface area contributed by atoms with Crippen molar-refractivity contribution >= 4 is 17.2 Å². The van der Waals surface area contributed by atoms with E-state index in [1.165, 1.54) is 4.40 Å². The lowest BCUT2D eigenvalue weighted by Crippen LogP contribution is -2.23. The van der Waals surface area contributed by atoms with Gasteiger partial charge >= 0.3 is 0 Å². The van der Waals surface area contributed by atoms with Crippen LogP contribution in [-0.4, -0.2) is 22.6 Å². The predicted octanol–water partition coefficient (Wildman–Crippen LogP) is 1.70. The Bertz CT molecular complexity index is 662. The van der Waals surface area contributed by atoms with Gasteiger partial charge in [0.2, 0.25) is 0 Å². The van der Waals surface area contributed by atoms with Crippen LogP contribution in [0, 0.1) is 6.92 Å². The minimum absolute atomic E-state index is 0.140. The molecule has 1 saturated heterocycles. The highest BCUT2D eigenvalue weighted by molar-refractivity contribution is 6.30. The molecule has 0 unspecified atom stereocenters. The number of nitrogens with zero attached hydrogens (tertiary/aromatic N) is 2. The Balaban J connectivity index is 2.30. The van der Waals surface area contributed by atoms with Gasteiger partial charge in [0, 0.05) is 6.20 Å². The Morgan fingerprint density at radius 1 is 1.44 bits per heavy atom. The molecule has 5 nitrogen and oxygen atoms in total. The molecule has 0 atom stereocenters. The second-order valence-corrected chi connectivity index (χ2v) is 4.44. The standard InChI is InChI=1S/C12H11ClN2O3/c1-7-3-2-4-15-10(7)14-9(13)8(11(15)16)12-17-5-6-18-12/h2-4,12H,5-6H2,1H3. The van der Waals surface area contributed by atoms with Crippen LogP contribution < -0.4 is 5.56 Å². The topological polar surface area (TPSA) is 52.8 Å². The van der Waals surface area contributed by atoms with Gasteiger partial charge < -0.3 is 9.47 Å². The van der Waals surface area contributed by atoms with Crippen molar-refractivity contribution in [1.82, 2.24) is 9.38 Å². The average Bonchev–Trinajstić information content (AvgIpc) is 2.84. The average molecular weight is 267 g/mol. The fraction of sp³-hybridized carbons (Fsp3) is 0.333. The second-order valence-electron chi connectivity index (χ2n) is 4.08. The first-order chi connectivity index (χ1) is 8.68. The van der Waals surface area contributed by atoms with E-state index in [-0.39, 0.29) is 16.3 Å². The third kappa shape index (κ3) is 1.71.